The van der Waals surface area contributed by atoms with Gasteiger partial charge in [-0.25, -0.2) is 8.42 Å². The summed E-state index contributed by atoms with van der Waals surface area (Å²) in [4.78, 5) is 1.86. The minimum atomic E-state index is -3.53. The van der Waals surface area contributed by atoms with E-state index in [1.54, 1.807) is 24.3 Å². The fourth-order valence-electron chi connectivity index (χ4n) is 2.58. The highest BCUT2D eigenvalue weighted by atomic mass is 35.5. The van der Waals surface area contributed by atoms with Crippen molar-refractivity contribution >= 4 is 27.7 Å². The van der Waals surface area contributed by atoms with Crippen molar-refractivity contribution in [3.8, 4) is 0 Å². The molecular weight excluding hydrogens is 324 g/mol. The van der Waals surface area contributed by atoms with E-state index in [4.69, 9.17) is 11.6 Å². The zero-order valence-electron chi connectivity index (χ0n) is 12.7. The van der Waals surface area contributed by atoms with Gasteiger partial charge in [0, 0.05) is 30.1 Å². The highest BCUT2D eigenvalue weighted by molar-refractivity contribution is 7.92. The van der Waals surface area contributed by atoms with E-state index in [2.05, 4.69) is 0 Å². The van der Waals surface area contributed by atoms with Gasteiger partial charge in [-0.3, -0.25) is 0 Å². The molecule has 2 rings (SSSR count). The molecule has 0 radical (unpaired) electrons. The number of halogens is 1. The first-order chi connectivity index (χ1) is 10.2. The van der Waals surface area contributed by atoms with Gasteiger partial charge in [-0.2, -0.15) is 4.31 Å². The second kappa shape index (κ2) is 6.68. The van der Waals surface area contributed by atoms with Gasteiger partial charge < -0.3 is 10.0 Å². The molecule has 0 spiro atoms. The molecule has 1 aliphatic heterocycles. The van der Waals surface area contributed by atoms with Crippen LogP contribution in [0.3, 0.4) is 0 Å². The van der Waals surface area contributed by atoms with E-state index in [0.717, 1.165) is 5.56 Å². The van der Waals surface area contributed by atoms with Crippen LogP contribution in [0.5, 0.6) is 0 Å². The summed E-state index contributed by atoms with van der Waals surface area (Å²) in [7, 11) is 0.180. The van der Waals surface area contributed by atoms with Gasteiger partial charge in [0.25, 0.3) is 0 Å². The minimum absolute atomic E-state index is 0.123. The lowest BCUT2D eigenvalue weighted by Gasteiger charge is -2.26. The molecule has 1 N–H and O–H groups in total. The first-order valence-electron chi connectivity index (χ1n) is 7.01. The van der Waals surface area contributed by atoms with E-state index >= 15 is 0 Å². The number of hydrogen-bond acceptors (Lipinski definition) is 4. The normalized spacial score (nSPS) is 23.7. The standard InChI is InChI=1S/C15H21ClN2O3S/c1-17(2)11-15(19)8-9-18(12-15)22(20,21)10-7-13-3-5-14(16)6-4-13/h3-7,10,19H,8-9,11-12H2,1-2H3/b10-7+. The molecule has 1 aromatic carbocycles. The van der Waals surface area contributed by atoms with Crippen LogP contribution in [-0.2, 0) is 10.0 Å². The Morgan fingerprint density at radius 2 is 2.00 bits per heavy atom. The molecule has 0 amide bonds. The van der Waals surface area contributed by atoms with Crippen LogP contribution in [0.15, 0.2) is 29.7 Å². The summed E-state index contributed by atoms with van der Waals surface area (Å²) in [5.74, 6) is 0. The molecule has 1 saturated heterocycles. The van der Waals surface area contributed by atoms with Crippen molar-refractivity contribution in [3.63, 3.8) is 0 Å². The molecule has 0 aromatic heterocycles. The van der Waals surface area contributed by atoms with Gasteiger partial charge in [0.1, 0.15) is 0 Å². The monoisotopic (exact) mass is 344 g/mol. The Balaban J connectivity index is 2.07. The Kier molecular flexibility index (Phi) is 5.29. The Morgan fingerprint density at radius 1 is 1.36 bits per heavy atom. The van der Waals surface area contributed by atoms with E-state index in [1.807, 2.05) is 19.0 Å². The van der Waals surface area contributed by atoms with Gasteiger partial charge in [0.05, 0.1) is 5.60 Å². The summed E-state index contributed by atoms with van der Waals surface area (Å²) in [5, 5.41) is 12.2. The third-order valence-electron chi connectivity index (χ3n) is 3.57. The zero-order chi connectivity index (χ0) is 16.4. The molecule has 1 aliphatic rings. The number of β-amino-alcohol motifs (C(OH)–C–C–N with tert-alkyl or cyclic N) is 1. The Hall–Kier alpha value is -0.920. The Labute approximate surface area is 136 Å². The number of likely N-dealkylation sites (N-methyl/N-ethyl adjacent to an activating group) is 1. The number of aliphatic hydroxyl groups is 1. The topological polar surface area (TPSA) is 60.9 Å². The van der Waals surface area contributed by atoms with Gasteiger partial charge in [-0.05, 0) is 44.3 Å². The van der Waals surface area contributed by atoms with E-state index in [0.29, 0.717) is 24.5 Å². The highest BCUT2D eigenvalue weighted by Crippen LogP contribution is 2.25. The van der Waals surface area contributed by atoms with E-state index in [1.165, 1.54) is 15.8 Å². The average molecular weight is 345 g/mol. The lowest BCUT2D eigenvalue weighted by molar-refractivity contribution is 0.0303. The fraction of sp³-hybridized carbons (Fsp3) is 0.467. The van der Waals surface area contributed by atoms with Crippen LogP contribution in [0, 0.1) is 0 Å². The summed E-state index contributed by atoms with van der Waals surface area (Å²) >= 11 is 5.80. The Bertz CT molecular complexity index is 643. The molecule has 122 valence electrons. The molecule has 1 atom stereocenters. The van der Waals surface area contributed by atoms with Crippen molar-refractivity contribution in [2.24, 2.45) is 0 Å². The molecule has 1 heterocycles. The summed E-state index contributed by atoms with van der Waals surface area (Å²) in [6.07, 6.45) is 1.98. The van der Waals surface area contributed by atoms with E-state index in [-0.39, 0.29) is 6.54 Å². The maximum Gasteiger partial charge on any atom is 0.236 e. The number of rotatable bonds is 5. The van der Waals surface area contributed by atoms with Crippen LogP contribution in [0.2, 0.25) is 5.02 Å². The van der Waals surface area contributed by atoms with E-state index < -0.39 is 15.6 Å². The maximum absolute atomic E-state index is 12.3. The van der Waals surface area contributed by atoms with Crippen molar-refractivity contribution < 1.29 is 13.5 Å². The quantitative estimate of drug-likeness (QED) is 0.882. The van der Waals surface area contributed by atoms with Crippen molar-refractivity contribution in [1.82, 2.24) is 9.21 Å². The van der Waals surface area contributed by atoms with Crippen LogP contribution in [0.25, 0.3) is 6.08 Å². The molecule has 1 aromatic rings. The predicted octanol–water partition coefficient (Wildman–Crippen LogP) is 1.64. The highest BCUT2D eigenvalue weighted by Gasteiger charge is 2.40. The fourth-order valence-corrected chi connectivity index (χ4v) is 3.97. The van der Waals surface area contributed by atoms with Crippen molar-refractivity contribution in [2.45, 2.75) is 12.0 Å². The smallest absolute Gasteiger partial charge is 0.236 e. The first kappa shape index (κ1) is 17.4. The SMILES string of the molecule is CN(C)CC1(O)CCN(S(=O)(=O)/C=C/c2ccc(Cl)cc2)C1. The van der Waals surface area contributed by atoms with Gasteiger partial charge >= 0.3 is 0 Å². The molecule has 1 fully saturated rings. The van der Waals surface area contributed by atoms with Gasteiger partial charge in [-0.1, -0.05) is 23.7 Å². The summed E-state index contributed by atoms with van der Waals surface area (Å²) in [6.45, 7) is 0.899. The van der Waals surface area contributed by atoms with Crippen molar-refractivity contribution in [1.29, 1.82) is 0 Å². The largest absolute Gasteiger partial charge is 0.387 e. The van der Waals surface area contributed by atoms with Crippen LogP contribution in [0.4, 0.5) is 0 Å². The average Bonchev–Trinajstić information content (AvgIpc) is 2.80. The number of nitrogens with zero attached hydrogens (tertiary/aromatic N) is 2. The first-order valence-corrected chi connectivity index (χ1v) is 8.89. The predicted molar refractivity (Wildman–Crippen MR) is 89.1 cm³/mol. The summed E-state index contributed by atoms with van der Waals surface area (Å²) in [5.41, 5.74) is -0.222. The minimum Gasteiger partial charge on any atom is -0.387 e. The summed E-state index contributed by atoms with van der Waals surface area (Å²) < 4.78 is 26.0. The maximum atomic E-state index is 12.3. The lowest BCUT2D eigenvalue weighted by Crippen LogP contribution is -2.43. The van der Waals surface area contributed by atoms with Gasteiger partial charge in [0.2, 0.25) is 10.0 Å². The van der Waals surface area contributed by atoms with Gasteiger partial charge in [0.15, 0.2) is 0 Å². The van der Waals surface area contributed by atoms with E-state index in [9.17, 15) is 13.5 Å². The third-order valence-corrected chi connectivity index (χ3v) is 5.33. The van der Waals surface area contributed by atoms with Crippen molar-refractivity contribution in [2.75, 3.05) is 33.7 Å². The third kappa shape index (κ3) is 4.54. The second-order valence-electron chi connectivity index (χ2n) is 5.94. The molecular formula is C15H21ClN2O3S. The second-order valence-corrected chi connectivity index (χ2v) is 8.20. The molecule has 7 heteroatoms. The van der Waals surface area contributed by atoms with Gasteiger partial charge in [-0.15, -0.1) is 0 Å². The van der Waals surface area contributed by atoms with Crippen LogP contribution < -0.4 is 0 Å². The van der Waals surface area contributed by atoms with Crippen molar-refractivity contribution in [3.05, 3.63) is 40.3 Å². The van der Waals surface area contributed by atoms with Crippen LogP contribution >= 0.6 is 11.6 Å². The molecule has 22 heavy (non-hydrogen) atoms. The number of benzene rings is 1. The summed E-state index contributed by atoms with van der Waals surface area (Å²) in [6, 6.07) is 6.92. The molecule has 0 saturated carbocycles. The van der Waals surface area contributed by atoms with Crippen LogP contribution in [0.1, 0.15) is 12.0 Å². The number of hydrogen-bond donors (Lipinski definition) is 1. The van der Waals surface area contributed by atoms with Crippen LogP contribution in [-0.4, -0.2) is 62.1 Å². The molecule has 0 bridgehead atoms. The number of sulfonamides is 1. The lowest BCUT2D eigenvalue weighted by atomic mass is 10.0. The molecule has 5 nitrogen and oxygen atoms in total. The zero-order valence-corrected chi connectivity index (χ0v) is 14.3. The Morgan fingerprint density at radius 3 is 2.59 bits per heavy atom. The molecule has 1 unspecified atom stereocenters. The molecule has 0 aliphatic carbocycles.